The van der Waals surface area contributed by atoms with Gasteiger partial charge in [-0.1, -0.05) is 11.6 Å². The third-order valence-corrected chi connectivity index (χ3v) is 4.22. The Kier molecular flexibility index (Phi) is 4.24. The summed E-state index contributed by atoms with van der Waals surface area (Å²) in [5.41, 5.74) is 0.491. The summed E-state index contributed by atoms with van der Waals surface area (Å²) < 4.78 is 5.39. The van der Waals surface area contributed by atoms with Gasteiger partial charge in [0.25, 0.3) is 5.56 Å². The molecule has 2 unspecified atom stereocenters. The monoisotopic (exact) mass is 307 g/mol. The van der Waals surface area contributed by atoms with E-state index in [9.17, 15) is 4.79 Å². The smallest absolute Gasteiger partial charge is 0.258 e. The third-order valence-electron chi connectivity index (χ3n) is 3.98. The van der Waals surface area contributed by atoms with Crippen LogP contribution in [0.4, 0.5) is 0 Å². The molecule has 1 aliphatic rings. The van der Waals surface area contributed by atoms with Crippen molar-refractivity contribution in [2.75, 3.05) is 13.2 Å². The molecular weight excluding hydrogens is 290 g/mol. The van der Waals surface area contributed by atoms with Crippen molar-refractivity contribution in [3.05, 3.63) is 39.4 Å². The van der Waals surface area contributed by atoms with E-state index in [2.05, 4.69) is 22.2 Å². The van der Waals surface area contributed by atoms with Gasteiger partial charge in [0.05, 0.1) is 24.1 Å². The van der Waals surface area contributed by atoms with Crippen molar-refractivity contribution in [1.29, 1.82) is 0 Å². The maximum atomic E-state index is 12.0. The molecule has 1 aromatic heterocycles. The second-order valence-corrected chi connectivity index (χ2v) is 5.90. The van der Waals surface area contributed by atoms with Crippen LogP contribution >= 0.6 is 11.6 Å². The number of benzene rings is 1. The lowest BCUT2D eigenvalue weighted by atomic mass is 10.0. The topological polar surface area (TPSA) is 67.0 Å². The molecule has 0 bridgehead atoms. The van der Waals surface area contributed by atoms with Crippen LogP contribution in [0.1, 0.15) is 19.2 Å². The minimum Gasteiger partial charge on any atom is -0.381 e. The van der Waals surface area contributed by atoms with E-state index in [4.69, 9.17) is 16.3 Å². The van der Waals surface area contributed by atoms with Crippen LogP contribution < -0.4 is 10.9 Å². The number of nitrogens with one attached hydrogen (secondary N) is 2. The largest absolute Gasteiger partial charge is 0.381 e. The molecule has 0 amide bonds. The van der Waals surface area contributed by atoms with Crippen molar-refractivity contribution in [2.24, 2.45) is 5.92 Å². The van der Waals surface area contributed by atoms with Crippen molar-refractivity contribution in [1.82, 2.24) is 15.3 Å². The molecule has 0 spiro atoms. The SMILES string of the molecule is CC(NCc1nc2cc(Cl)ccc2c(=O)[nH]1)C1CCOC1. The average molecular weight is 308 g/mol. The summed E-state index contributed by atoms with van der Waals surface area (Å²) in [5, 5.41) is 4.54. The molecule has 2 aromatic rings. The van der Waals surface area contributed by atoms with Gasteiger partial charge in [-0.05, 0) is 37.5 Å². The first-order chi connectivity index (χ1) is 10.1. The summed E-state index contributed by atoms with van der Waals surface area (Å²) in [6, 6.07) is 5.43. The van der Waals surface area contributed by atoms with Gasteiger partial charge >= 0.3 is 0 Å². The lowest BCUT2D eigenvalue weighted by molar-refractivity contribution is 0.178. The van der Waals surface area contributed by atoms with Gasteiger partial charge in [-0.15, -0.1) is 0 Å². The molecule has 2 N–H and O–H groups in total. The van der Waals surface area contributed by atoms with Gasteiger partial charge < -0.3 is 15.0 Å². The number of hydrogen-bond donors (Lipinski definition) is 2. The second-order valence-electron chi connectivity index (χ2n) is 5.47. The average Bonchev–Trinajstić information content (AvgIpc) is 2.98. The van der Waals surface area contributed by atoms with Crippen LogP contribution in [-0.4, -0.2) is 29.2 Å². The molecule has 0 radical (unpaired) electrons. The molecule has 3 rings (SSSR count). The lowest BCUT2D eigenvalue weighted by Gasteiger charge is -2.18. The van der Waals surface area contributed by atoms with Gasteiger partial charge in [-0.2, -0.15) is 0 Å². The Hall–Kier alpha value is -1.43. The van der Waals surface area contributed by atoms with E-state index in [1.54, 1.807) is 18.2 Å². The number of ether oxygens (including phenoxy) is 1. The van der Waals surface area contributed by atoms with Crippen LogP contribution in [0.3, 0.4) is 0 Å². The van der Waals surface area contributed by atoms with Gasteiger partial charge in [0, 0.05) is 17.7 Å². The van der Waals surface area contributed by atoms with Crippen molar-refractivity contribution in [3.63, 3.8) is 0 Å². The van der Waals surface area contributed by atoms with E-state index in [1.807, 2.05) is 0 Å². The summed E-state index contributed by atoms with van der Waals surface area (Å²) in [7, 11) is 0. The summed E-state index contributed by atoms with van der Waals surface area (Å²) in [4.78, 5) is 19.3. The Bertz CT molecular complexity index is 695. The highest BCUT2D eigenvalue weighted by molar-refractivity contribution is 6.31. The minimum atomic E-state index is -0.134. The molecule has 6 heteroatoms. The van der Waals surface area contributed by atoms with Gasteiger partial charge in [0.2, 0.25) is 0 Å². The standard InChI is InChI=1S/C15H18ClN3O2/c1-9(10-4-5-21-8-10)17-7-14-18-13-6-11(16)2-3-12(13)15(20)19-14/h2-3,6,9-10,17H,4-5,7-8H2,1H3,(H,18,19,20). The maximum absolute atomic E-state index is 12.0. The number of nitrogens with zero attached hydrogens (tertiary/aromatic N) is 1. The van der Waals surface area contributed by atoms with E-state index in [0.717, 1.165) is 19.6 Å². The van der Waals surface area contributed by atoms with Gasteiger partial charge in [0.1, 0.15) is 5.82 Å². The fourth-order valence-electron chi connectivity index (χ4n) is 2.62. The molecule has 112 valence electrons. The van der Waals surface area contributed by atoms with E-state index < -0.39 is 0 Å². The molecule has 5 nitrogen and oxygen atoms in total. The van der Waals surface area contributed by atoms with Crippen LogP contribution in [0.25, 0.3) is 10.9 Å². The van der Waals surface area contributed by atoms with Crippen LogP contribution in [0.5, 0.6) is 0 Å². The molecule has 21 heavy (non-hydrogen) atoms. The molecule has 1 aliphatic heterocycles. The number of fused-ring (bicyclic) bond motifs is 1. The van der Waals surface area contributed by atoms with E-state index >= 15 is 0 Å². The van der Waals surface area contributed by atoms with Crippen molar-refractivity contribution >= 4 is 22.5 Å². The highest BCUT2D eigenvalue weighted by Crippen LogP contribution is 2.17. The van der Waals surface area contributed by atoms with Crippen LogP contribution in [0.2, 0.25) is 5.02 Å². The van der Waals surface area contributed by atoms with Gasteiger partial charge in [-0.25, -0.2) is 4.98 Å². The quantitative estimate of drug-likeness (QED) is 0.907. The maximum Gasteiger partial charge on any atom is 0.258 e. The van der Waals surface area contributed by atoms with Crippen molar-refractivity contribution in [2.45, 2.75) is 25.9 Å². The first-order valence-corrected chi connectivity index (χ1v) is 7.51. The molecule has 1 fully saturated rings. The van der Waals surface area contributed by atoms with Crippen LogP contribution in [0, 0.1) is 5.92 Å². The predicted molar refractivity (Wildman–Crippen MR) is 82.6 cm³/mol. The van der Waals surface area contributed by atoms with Gasteiger partial charge in [0.15, 0.2) is 0 Å². The fraction of sp³-hybridized carbons (Fsp3) is 0.467. The van der Waals surface area contributed by atoms with Crippen LogP contribution in [-0.2, 0) is 11.3 Å². The van der Waals surface area contributed by atoms with Crippen molar-refractivity contribution in [3.8, 4) is 0 Å². The minimum absolute atomic E-state index is 0.134. The summed E-state index contributed by atoms with van der Waals surface area (Å²) in [6.45, 7) is 4.29. The Balaban J connectivity index is 1.76. The second kappa shape index (κ2) is 6.13. The Morgan fingerprint density at radius 1 is 1.57 bits per heavy atom. The number of H-pyrrole nitrogens is 1. The Morgan fingerprint density at radius 3 is 3.19 bits per heavy atom. The van der Waals surface area contributed by atoms with Crippen LogP contribution in [0.15, 0.2) is 23.0 Å². The summed E-state index contributed by atoms with van der Waals surface area (Å²) >= 11 is 5.96. The zero-order valence-corrected chi connectivity index (χ0v) is 12.6. The molecule has 2 atom stereocenters. The molecule has 1 aromatic carbocycles. The normalized spacial score (nSPS) is 20.0. The number of halogens is 1. The molecule has 1 saturated heterocycles. The van der Waals surface area contributed by atoms with Gasteiger partial charge in [-0.3, -0.25) is 4.79 Å². The Morgan fingerprint density at radius 2 is 2.43 bits per heavy atom. The summed E-state index contributed by atoms with van der Waals surface area (Å²) in [6.07, 6.45) is 1.07. The Labute approximate surface area is 127 Å². The molecule has 2 heterocycles. The molecular formula is C15H18ClN3O2. The lowest BCUT2D eigenvalue weighted by Crippen LogP contribution is -2.34. The van der Waals surface area contributed by atoms with E-state index in [0.29, 0.717) is 40.3 Å². The number of hydrogen-bond acceptors (Lipinski definition) is 4. The number of rotatable bonds is 4. The third kappa shape index (κ3) is 3.26. The first-order valence-electron chi connectivity index (χ1n) is 7.13. The number of aromatic nitrogens is 2. The van der Waals surface area contributed by atoms with E-state index in [1.165, 1.54) is 0 Å². The van der Waals surface area contributed by atoms with E-state index in [-0.39, 0.29) is 5.56 Å². The zero-order valence-electron chi connectivity index (χ0n) is 11.9. The highest BCUT2D eigenvalue weighted by atomic mass is 35.5. The highest BCUT2D eigenvalue weighted by Gasteiger charge is 2.21. The number of aromatic amines is 1. The first kappa shape index (κ1) is 14.5. The molecule has 0 aliphatic carbocycles. The fourth-order valence-corrected chi connectivity index (χ4v) is 2.78. The zero-order chi connectivity index (χ0) is 14.8. The predicted octanol–water partition coefficient (Wildman–Crippen LogP) is 2.09. The molecule has 0 saturated carbocycles. The summed E-state index contributed by atoms with van der Waals surface area (Å²) in [5.74, 6) is 1.15. The van der Waals surface area contributed by atoms with Crippen molar-refractivity contribution < 1.29 is 4.74 Å².